The summed E-state index contributed by atoms with van der Waals surface area (Å²) in [6.45, 7) is 4.44. The van der Waals surface area contributed by atoms with Crippen molar-refractivity contribution >= 4 is 17.0 Å². The number of benzene rings is 1. The van der Waals surface area contributed by atoms with Gasteiger partial charge in [-0.2, -0.15) is 0 Å². The van der Waals surface area contributed by atoms with Gasteiger partial charge in [-0.15, -0.1) is 11.3 Å². The zero-order valence-electron chi connectivity index (χ0n) is 11.7. The van der Waals surface area contributed by atoms with Crippen LogP contribution in [0.5, 0.6) is 0 Å². The van der Waals surface area contributed by atoms with Crippen molar-refractivity contribution in [1.29, 1.82) is 0 Å². The highest BCUT2D eigenvalue weighted by Crippen LogP contribution is 2.36. The van der Waals surface area contributed by atoms with Crippen molar-refractivity contribution in [3.63, 3.8) is 0 Å². The molecule has 19 heavy (non-hydrogen) atoms. The number of nitrogens with one attached hydrogen (secondary N) is 1. The normalized spacial score (nSPS) is 18.1. The first-order chi connectivity index (χ1) is 9.29. The van der Waals surface area contributed by atoms with Crippen LogP contribution in [-0.2, 0) is 12.8 Å². The molecule has 1 N–H and O–H groups in total. The van der Waals surface area contributed by atoms with Crippen LogP contribution >= 0.6 is 11.3 Å². The molecule has 1 heterocycles. The fourth-order valence-electron chi connectivity index (χ4n) is 3.04. The summed E-state index contributed by atoms with van der Waals surface area (Å²) < 4.78 is 0. The van der Waals surface area contributed by atoms with E-state index in [1.54, 1.807) is 4.88 Å². The van der Waals surface area contributed by atoms with Gasteiger partial charge in [0.05, 0.1) is 6.04 Å². The summed E-state index contributed by atoms with van der Waals surface area (Å²) in [5.41, 5.74) is 5.68. The Kier molecular flexibility index (Phi) is 3.61. The molecule has 0 spiro atoms. The Morgan fingerprint density at radius 2 is 2.21 bits per heavy atom. The standard InChI is InChI=1S/C17H21NS/c1-3-13-7-4-6-12(2)17(13)18-15-8-5-9-16-14(15)10-11-19-16/h4,6-7,10-11,15,18H,3,5,8-9H2,1-2H3. The molecule has 1 atom stereocenters. The van der Waals surface area contributed by atoms with Crippen molar-refractivity contribution < 1.29 is 0 Å². The van der Waals surface area contributed by atoms with Crippen LogP contribution in [-0.4, -0.2) is 0 Å². The van der Waals surface area contributed by atoms with Crippen LogP contribution in [0, 0.1) is 6.92 Å². The molecule has 0 saturated carbocycles. The molecular weight excluding hydrogens is 250 g/mol. The first-order valence-electron chi connectivity index (χ1n) is 7.21. The number of hydrogen-bond donors (Lipinski definition) is 1. The number of hydrogen-bond acceptors (Lipinski definition) is 2. The summed E-state index contributed by atoms with van der Waals surface area (Å²) in [6.07, 6.45) is 4.91. The van der Waals surface area contributed by atoms with Gasteiger partial charge < -0.3 is 5.32 Å². The van der Waals surface area contributed by atoms with E-state index >= 15 is 0 Å². The molecule has 0 bridgehead atoms. The van der Waals surface area contributed by atoms with Gasteiger partial charge in [0, 0.05) is 10.6 Å². The molecule has 1 aliphatic rings. The molecule has 1 nitrogen and oxygen atoms in total. The van der Waals surface area contributed by atoms with Gasteiger partial charge in [0.2, 0.25) is 0 Å². The molecule has 0 fully saturated rings. The number of thiophene rings is 1. The highest BCUT2D eigenvalue weighted by atomic mass is 32.1. The lowest BCUT2D eigenvalue weighted by Gasteiger charge is -2.27. The zero-order chi connectivity index (χ0) is 13.2. The second-order valence-electron chi connectivity index (χ2n) is 5.35. The molecule has 1 aliphatic carbocycles. The summed E-state index contributed by atoms with van der Waals surface area (Å²) >= 11 is 1.91. The molecule has 1 unspecified atom stereocenters. The molecule has 0 aliphatic heterocycles. The van der Waals surface area contributed by atoms with Crippen LogP contribution in [0.4, 0.5) is 5.69 Å². The Morgan fingerprint density at radius 1 is 1.32 bits per heavy atom. The van der Waals surface area contributed by atoms with Crippen LogP contribution in [0.2, 0.25) is 0 Å². The summed E-state index contributed by atoms with van der Waals surface area (Å²) in [5.74, 6) is 0. The Balaban J connectivity index is 1.91. The minimum atomic E-state index is 0.501. The SMILES string of the molecule is CCc1cccc(C)c1NC1CCCc2sccc21. The average molecular weight is 271 g/mol. The molecule has 0 radical (unpaired) electrons. The molecule has 1 aromatic carbocycles. The monoisotopic (exact) mass is 271 g/mol. The van der Waals surface area contributed by atoms with Crippen molar-refractivity contribution in [2.24, 2.45) is 0 Å². The highest BCUT2D eigenvalue weighted by molar-refractivity contribution is 7.10. The molecule has 1 aromatic heterocycles. The quantitative estimate of drug-likeness (QED) is 0.818. The van der Waals surface area contributed by atoms with Gasteiger partial charge in [0.25, 0.3) is 0 Å². The average Bonchev–Trinajstić information content (AvgIpc) is 2.90. The van der Waals surface area contributed by atoms with Gasteiger partial charge in [-0.3, -0.25) is 0 Å². The maximum atomic E-state index is 3.82. The fourth-order valence-corrected chi connectivity index (χ4v) is 4.03. The smallest absolute Gasteiger partial charge is 0.0525 e. The third-order valence-corrected chi connectivity index (χ3v) is 5.11. The van der Waals surface area contributed by atoms with E-state index in [0.29, 0.717) is 6.04 Å². The maximum Gasteiger partial charge on any atom is 0.0525 e. The zero-order valence-corrected chi connectivity index (χ0v) is 12.5. The predicted octanol–water partition coefficient (Wildman–Crippen LogP) is 5.11. The van der Waals surface area contributed by atoms with E-state index in [1.807, 2.05) is 11.3 Å². The van der Waals surface area contributed by atoms with E-state index in [4.69, 9.17) is 0 Å². The van der Waals surface area contributed by atoms with Crippen molar-refractivity contribution in [1.82, 2.24) is 0 Å². The van der Waals surface area contributed by atoms with Crippen LogP contribution in [0.1, 0.15) is 47.4 Å². The number of para-hydroxylation sites is 1. The third-order valence-electron chi connectivity index (χ3n) is 4.11. The fraction of sp³-hybridized carbons (Fsp3) is 0.412. The Hall–Kier alpha value is -1.28. The molecular formula is C17H21NS. The minimum Gasteiger partial charge on any atom is -0.378 e. The lowest BCUT2D eigenvalue weighted by atomic mass is 9.93. The van der Waals surface area contributed by atoms with E-state index in [9.17, 15) is 0 Å². The second kappa shape index (κ2) is 5.38. The van der Waals surface area contributed by atoms with Crippen LogP contribution < -0.4 is 5.32 Å². The summed E-state index contributed by atoms with van der Waals surface area (Å²) in [4.78, 5) is 1.58. The van der Waals surface area contributed by atoms with Crippen molar-refractivity contribution in [2.75, 3.05) is 5.32 Å². The minimum absolute atomic E-state index is 0.501. The molecule has 3 rings (SSSR count). The number of fused-ring (bicyclic) bond motifs is 1. The maximum absolute atomic E-state index is 3.82. The first kappa shape index (κ1) is 12.7. The predicted molar refractivity (Wildman–Crippen MR) is 84.2 cm³/mol. The van der Waals surface area contributed by atoms with Gasteiger partial charge in [0.15, 0.2) is 0 Å². The Morgan fingerprint density at radius 3 is 3.05 bits per heavy atom. The molecule has 0 amide bonds. The first-order valence-corrected chi connectivity index (χ1v) is 8.09. The van der Waals surface area contributed by atoms with Crippen LogP contribution in [0.15, 0.2) is 29.6 Å². The lowest BCUT2D eigenvalue weighted by molar-refractivity contribution is 0.608. The number of aryl methyl sites for hydroxylation is 3. The van der Waals surface area contributed by atoms with Gasteiger partial charge in [0.1, 0.15) is 0 Å². The van der Waals surface area contributed by atoms with Gasteiger partial charge in [-0.1, -0.05) is 25.1 Å². The van der Waals surface area contributed by atoms with Gasteiger partial charge in [-0.25, -0.2) is 0 Å². The van der Waals surface area contributed by atoms with Crippen LogP contribution in [0.25, 0.3) is 0 Å². The van der Waals surface area contributed by atoms with E-state index in [0.717, 1.165) is 6.42 Å². The largest absolute Gasteiger partial charge is 0.378 e. The van der Waals surface area contributed by atoms with Crippen molar-refractivity contribution in [3.8, 4) is 0 Å². The number of anilines is 1. The van der Waals surface area contributed by atoms with E-state index in [-0.39, 0.29) is 0 Å². The van der Waals surface area contributed by atoms with E-state index < -0.39 is 0 Å². The third kappa shape index (κ3) is 2.42. The molecule has 2 aromatic rings. The number of rotatable bonds is 3. The van der Waals surface area contributed by atoms with Gasteiger partial charge >= 0.3 is 0 Å². The topological polar surface area (TPSA) is 12.0 Å². The molecule has 0 saturated heterocycles. The summed E-state index contributed by atoms with van der Waals surface area (Å²) in [7, 11) is 0. The Bertz CT molecular complexity index is 570. The van der Waals surface area contributed by atoms with Crippen LogP contribution in [0.3, 0.4) is 0 Å². The van der Waals surface area contributed by atoms with E-state index in [1.165, 1.54) is 41.6 Å². The molecule has 100 valence electrons. The van der Waals surface area contributed by atoms with Crippen molar-refractivity contribution in [3.05, 3.63) is 51.2 Å². The lowest BCUT2D eigenvalue weighted by Crippen LogP contribution is -2.17. The van der Waals surface area contributed by atoms with Crippen molar-refractivity contribution in [2.45, 2.75) is 45.6 Å². The second-order valence-corrected chi connectivity index (χ2v) is 6.35. The summed E-state index contributed by atoms with van der Waals surface area (Å²) in [6, 6.07) is 9.42. The van der Waals surface area contributed by atoms with E-state index in [2.05, 4.69) is 48.8 Å². The van der Waals surface area contributed by atoms with Gasteiger partial charge in [-0.05, 0) is 60.7 Å². The molecule has 2 heteroatoms. The highest BCUT2D eigenvalue weighted by Gasteiger charge is 2.21. The summed E-state index contributed by atoms with van der Waals surface area (Å²) in [5, 5.41) is 6.06. The Labute approximate surface area is 119 Å².